The number of ether oxygens (including phenoxy) is 2. The van der Waals surface area contributed by atoms with Gasteiger partial charge in [0.1, 0.15) is 0 Å². The molecule has 1 aliphatic rings. The highest BCUT2D eigenvalue weighted by Crippen LogP contribution is 2.35. The summed E-state index contributed by atoms with van der Waals surface area (Å²) in [5.74, 6) is 1.25. The van der Waals surface area contributed by atoms with Crippen molar-refractivity contribution in [2.24, 2.45) is 11.1 Å². The highest BCUT2D eigenvalue weighted by molar-refractivity contribution is 5.82. The second kappa shape index (κ2) is 5.09. The average molecular weight is 264 g/mol. The highest BCUT2D eigenvalue weighted by atomic mass is 16.7. The van der Waals surface area contributed by atoms with Gasteiger partial charge in [-0.2, -0.15) is 0 Å². The zero-order valence-electron chi connectivity index (χ0n) is 11.5. The Morgan fingerprint density at radius 3 is 2.84 bits per heavy atom. The van der Waals surface area contributed by atoms with Crippen molar-refractivity contribution in [3.63, 3.8) is 0 Å². The van der Waals surface area contributed by atoms with Gasteiger partial charge in [-0.3, -0.25) is 4.79 Å². The zero-order chi connectivity index (χ0) is 14.0. The Morgan fingerprint density at radius 1 is 1.42 bits per heavy atom. The molecule has 1 aromatic carbocycles. The standard InChI is InChI=1S/C14H20N2O3/c1-14(2,3)12(15)13(17)16-7-9-5-4-6-10-11(9)19-8-18-10/h4-6,12H,7-8,15H2,1-3H3,(H,16,17)/t12-/m0/s1. The summed E-state index contributed by atoms with van der Waals surface area (Å²) >= 11 is 0. The third-order valence-electron chi connectivity index (χ3n) is 3.15. The third-order valence-corrected chi connectivity index (χ3v) is 3.15. The topological polar surface area (TPSA) is 73.6 Å². The molecule has 0 saturated heterocycles. The van der Waals surface area contributed by atoms with Gasteiger partial charge >= 0.3 is 0 Å². The number of carbonyl (C=O) groups is 1. The van der Waals surface area contributed by atoms with Gasteiger partial charge in [0.05, 0.1) is 6.04 Å². The van der Waals surface area contributed by atoms with Crippen LogP contribution in [0.25, 0.3) is 0 Å². The van der Waals surface area contributed by atoms with Crippen LogP contribution in [-0.2, 0) is 11.3 Å². The lowest BCUT2D eigenvalue weighted by Crippen LogP contribution is -2.48. The second-order valence-electron chi connectivity index (χ2n) is 5.71. The summed E-state index contributed by atoms with van der Waals surface area (Å²) in [4.78, 5) is 12.0. The van der Waals surface area contributed by atoms with Crippen molar-refractivity contribution < 1.29 is 14.3 Å². The van der Waals surface area contributed by atoms with Crippen molar-refractivity contribution in [1.82, 2.24) is 5.32 Å². The normalized spacial score (nSPS) is 15.2. The lowest BCUT2D eigenvalue weighted by atomic mass is 9.87. The monoisotopic (exact) mass is 264 g/mol. The molecule has 3 N–H and O–H groups in total. The fourth-order valence-corrected chi connectivity index (χ4v) is 1.82. The van der Waals surface area contributed by atoms with Crippen LogP contribution in [0, 0.1) is 5.41 Å². The number of carbonyl (C=O) groups excluding carboxylic acids is 1. The molecular formula is C14H20N2O3. The molecule has 1 aliphatic heterocycles. The third kappa shape index (κ3) is 2.98. The summed E-state index contributed by atoms with van der Waals surface area (Å²) in [7, 11) is 0. The van der Waals surface area contributed by atoms with E-state index in [1.807, 2.05) is 39.0 Å². The van der Waals surface area contributed by atoms with Gasteiger partial charge in [-0.05, 0) is 11.5 Å². The molecule has 0 saturated carbocycles. The van der Waals surface area contributed by atoms with Crippen LogP contribution in [0.4, 0.5) is 0 Å². The Bertz CT molecular complexity index is 480. The van der Waals surface area contributed by atoms with E-state index in [4.69, 9.17) is 15.2 Å². The first-order chi connectivity index (χ1) is 8.89. The molecule has 5 heteroatoms. The quantitative estimate of drug-likeness (QED) is 0.865. The van der Waals surface area contributed by atoms with Gasteiger partial charge in [0.15, 0.2) is 11.5 Å². The lowest BCUT2D eigenvalue weighted by Gasteiger charge is -2.25. The Balaban J connectivity index is 2.00. The first-order valence-corrected chi connectivity index (χ1v) is 6.30. The van der Waals surface area contributed by atoms with Crippen molar-refractivity contribution in [3.8, 4) is 11.5 Å². The van der Waals surface area contributed by atoms with E-state index in [0.717, 1.165) is 5.56 Å². The molecule has 0 spiro atoms. The maximum Gasteiger partial charge on any atom is 0.237 e. The number of fused-ring (bicyclic) bond motifs is 1. The molecule has 2 rings (SSSR count). The molecule has 1 amide bonds. The minimum absolute atomic E-state index is 0.163. The van der Waals surface area contributed by atoms with Gasteiger partial charge in [-0.1, -0.05) is 32.9 Å². The minimum Gasteiger partial charge on any atom is -0.454 e. The summed E-state index contributed by atoms with van der Waals surface area (Å²) < 4.78 is 10.7. The van der Waals surface area contributed by atoms with Crippen molar-refractivity contribution in [3.05, 3.63) is 23.8 Å². The Kier molecular flexibility index (Phi) is 3.66. The predicted molar refractivity (Wildman–Crippen MR) is 71.8 cm³/mol. The fraction of sp³-hybridized carbons (Fsp3) is 0.500. The summed E-state index contributed by atoms with van der Waals surface area (Å²) in [5, 5.41) is 2.84. The number of hydrogen-bond donors (Lipinski definition) is 2. The van der Waals surface area contributed by atoms with E-state index < -0.39 is 6.04 Å². The van der Waals surface area contributed by atoms with Gasteiger partial charge in [-0.15, -0.1) is 0 Å². The van der Waals surface area contributed by atoms with Gasteiger partial charge in [-0.25, -0.2) is 0 Å². The summed E-state index contributed by atoms with van der Waals surface area (Å²) in [6, 6.07) is 5.07. The molecule has 0 bridgehead atoms. The molecule has 1 atom stereocenters. The molecule has 1 heterocycles. The number of nitrogens with two attached hydrogens (primary N) is 1. The second-order valence-corrected chi connectivity index (χ2v) is 5.71. The Morgan fingerprint density at radius 2 is 2.16 bits per heavy atom. The van der Waals surface area contributed by atoms with E-state index in [2.05, 4.69) is 5.32 Å². The van der Waals surface area contributed by atoms with Crippen LogP contribution in [0.5, 0.6) is 11.5 Å². The maximum absolute atomic E-state index is 12.0. The van der Waals surface area contributed by atoms with Crippen molar-refractivity contribution in [2.45, 2.75) is 33.4 Å². The molecule has 0 fully saturated rings. The molecule has 1 aromatic rings. The molecular weight excluding hydrogens is 244 g/mol. The Labute approximate surface area is 113 Å². The summed E-state index contributed by atoms with van der Waals surface area (Å²) in [6.45, 7) is 6.42. The van der Waals surface area contributed by atoms with E-state index in [9.17, 15) is 4.79 Å². The molecule has 0 aromatic heterocycles. The number of rotatable bonds is 3. The molecule has 0 aliphatic carbocycles. The van der Waals surface area contributed by atoms with Gasteiger partial charge in [0.25, 0.3) is 0 Å². The van der Waals surface area contributed by atoms with Crippen LogP contribution in [0.1, 0.15) is 26.3 Å². The van der Waals surface area contributed by atoms with Crippen LogP contribution >= 0.6 is 0 Å². The Hall–Kier alpha value is -1.75. The molecule has 104 valence electrons. The average Bonchev–Trinajstić information content (AvgIpc) is 2.82. The van der Waals surface area contributed by atoms with Crippen LogP contribution < -0.4 is 20.5 Å². The van der Waals surface area contributed by atoms with E-state index in [-0.39, 0.29) is 18.1 Å². The van der Waals surface area contributed by atoms with Gasteiger partial charge < -0.3 is 20.5 Å². The van der Waals surface area contributed by atoms with E-state index >= 15 is 0 Å². The van der Waals surface area contributed by atoms with Crippen LogP contribution in [0.15, 0.2) is 18.2 Å². The summed E-state index contributed by atoms with van der Waals surface area (Å²) in [6.07, 6.45) is 0. The number of hydrogen-bond acceptors (Lipinski definition) is 4. The highest BCUT2D eigenvalue weighted by Gasteiger charge is 2.27. The lowest BCUT2D eigenvalue weighted by molar-refractivity contribution is -0.124. The molecule has 5 nitrogen and oxygen atoms in total. The van der Waals surface area contributed by atoms with Crippen molar-refractivity contribution >= 4 is 5.91 Å². The van der Waals surface area contributed by atoms with Crippen molar-refractivity contribution in [2.75, 3.05) is 6.79 Å². The van der Waals surface area contributed by atoms with Gasteiger partial charge in [0, 0.05) is 12.1 Å². The van der Waals surface area contributed by atoms with Gasteiger partial charge in [0.2, 0.25) is 12.7 Å². The fourth-order valence-electron chi connectivity index (χ4n) is 1.82. The maximum atomic E-state index is 12.0. The first-order valence-electron chi connectivity index (χ1n) is 6.30. The van der Waals surface area contributed by atoms with Crippen molar-refractivity contribution in [1.29, 1.82) is 0 Å². The molecule has 0 unspecified atom stereocenters. The van der Waals surface area contributed by atoms with E-state index in [0.29, 0.717) is 18.0 Å². The van der Waals surface area contributed by atoms with Crippen LogP contribution in [-0.4, -0.2) is 18.7 Å². The zero-order valence-corrected chi connectivity index (χ0v) is 11.5. The number of nitrogens with one attached hydrogen (secondary N) is 1. The van der Waals surface area contributed by atoms with E-state index in [1.165, 1.54) is 0 Å². The smallest absolute Gasteiger partial charge is 0.237 e. The minimum atomic E-state index is -0.540. The first kappa shape index (κ1) is 13.7. The molecule has 0 radical (unpaired) electrons. The summed E-state index contributed by atoms with van der Waals surface area (Å²) in [5.41, 5.74) is 6.53. The SMILES string of the molecule is CC(C)(C)[C@@H](N)C(=O)NCc1cccc2c1OCO2. The van der Waals surface area contributed by atoms with Crippen LogP contribution in [0.2, 0.25) is 0 Å². The van der Waals surface area contributed by atoms with Crippen LogP contribution in [0.3, 0.4) is 0 Å². The number of benzene rings is 1. The number of amides is 1. The largest absolute Gasteiger partial charge is 0.454 e. The van der Waals surface area contributed by atoms with E-state index in [1.54, 1.807) is 0 Å². The predicted octanol–water partition coefficient (Wildman–Crippen LogP) is 1.40. The molecule has 19 heavy (non-hydrogen) atoms. The number of para-hydroxylation sites is 1.